The number of likely N-dealkylation sites (N-methyl/N-ethyl adjacent to an activating group) is 1. The van der Waals surface area contributed by atoms with Crippen molar-refractivity contribution in [2.24, 2.45) is 0 Å². The summed E-state index contributed by atoms with van der Waals surface area (Å²) in [5.41, 5.74) is 2.07. The highest BCUT2D eigenvalue weighted by Gasteiger charge is 2.14. The third kappa shape index (κ3) is 3.96. The second-order valence-electron chi connectivity index (χ2n) is 5.00. The van der Waals surface area contributed by atoms with Crippen LogP contribution in [0.2, 0.25) is 0 Å². The largest absolute Gasteiger partial charge is 0.370 e. The van der Waals surface area contributed by atoms with E-state index in [4.69, 9.17) is 0 Å². The van der Waals surface area contributed by atoms with Crippen LogP contribution in [0.4, 0.5) is 11.4 Å². The number of para-hydroxylation sites is 2. The number of rotatable bonds is 4. The van der Waals surface area contributed by atoms with Gasteiger partial charge in [0.15, 0.2) is 0 Å². The van der Waals surface area contributed by atoms with Crippen LogP contribution in [0.25, 0.3) is 0 Å². The minimum Gasteiger partial charge on any atom is -0.370 e. The van der Waals surface area contributed by atoms with E-state index >= 15 is 0 Å². The molecule has 1 aromatic rings. The number of hydrogen-bond acceptors (Lipinski definition) is 3. The number of hydrogen-bond donors (Lipinski definition) is 2. The molecule has 0 spiro atoms. The Labute approximate surface area is 115 Å². The second-order valence-corrected chi connectivity index (χ2v) is 5.00. The van der Waals surface area contributed by atoms with Crippen molar-refractivity contribution in [1.29, 1.82) is 0 Å². The summed E-state index contributed by atoms with van der Waals surface area (Å²) < 4.78 is 0. The van der Waals surface area contributed by atoms with E-state index < -0.39 is 0 Å². The van der Waals surface area contributed by atoms with Gasteiger partial charge in [-0.25, -0.2) is 0 Å². The van der Waals surface area contributed by atoms with Crippen molar-refractivity contribution in [1.82, 2.24) is 5.32 Å². The summed E-state index contributed by atoms with van der Waals surface area (Å²) in [6.07, 6.45) is 5.09. The van der Waals surface area contributed by atoms with Crippen LogP contribution in [0.1, 0.15) is 25.7 Å². The first kappa shape index (κ1) is 13.9. The first-order valence-electron chi connectivity index (χ1n) is 7.09. The molecule has 1 aliphatic heterocycles. The lowest BCUT2D eigenvalue weighted by Gasteiger charge is -2.25. The fraction of sp³-hybridized carbons (Fsp3) is 0.533. The highest BCUT2D eigenvalue weighted by Crippen LogP contribution is 2.27. The Morgan fingerprint density at radius 2 is 1.84 bits per heavy atom. The molecule has 4 nitrogen and oxygen atoms in total. The molecule has 1 saturated heterocycles. The van der Waals surface area contributed by atoms with E-state index in [0.717, 1.165) is 24.5 Å². The SMILES string of the molecule is CNCC(=O)Nc1ccccc1N1CCCCCC1. The number of nitrogens with one attached hydrogen (secondary N) is 2. The molecule has 2 N–H and O–H groups in total. The van der Waals surface area contributed by atoms with Crippen molar-refractivity contribution in [3.05, 3.63) is 24.3 Å². The van der Waals surface area contributed by atoms with E-state index in [1.54, 1.807) is 7.05 Å². The van der Waals surface area contributed by atoms with Gasteiger partial charge in [-0.3, -0.25) is 4.79 Å². The zero-order valence-corrected chi connectivity index (χ0v) is 11.6. The number of anilines is 2. The summed E-state index contributed by atoms with van der Waals surface area (Å²) in [5.74, 6) is 0.00442. The molecule has 1 heterocycles. The Bertz CT molecular complexity index is 412. The number of carbonyl (C=O) groups is 1. The van der Waals surface area contributed by atoms with Crippen LogP contribution in [0.5, 0.6) is 0 Å². The van der Waals surface area contributed by atoms with Gasteiger partial charge in [0, 0.05) is 13.1 Å². The van der Waals surface area contributed by atoms with Crippen molar-refractivity contribution >= 4 is 17.3 Å². The molecule has 0 aromatic heterocycles. The predicted octanol–water partition coefficient (Wildman–Crippen LogP) is 2.22. The van der Waals surface area contributed by atoms with E-state index in [-0.39, 0.29) is 5.91 Å². The summed E-state index contributed by atoms with van der Waals surface area (Å²) in [4.78, 5) is 14.1. The topological polar surface area (TPSA) is 44.4 Å². The summed E-state index contributed by atoms with van der Waals surface area (Å²) in [6.45, 7) is 2.51. The van der Waals surface area contributed by atoms with Gasteiger partial charge in [0.1, 0.15) is 0 Å². The lowest BCUT2D eigenvalue weighted by Crippen LogP contribution is -2.28. The maximum Gasteiger partial charge on any atom is 0.238 e. The van der Waals surface area contributed by atoms with Gasteiger partial charge in [-0.15, -0.1) is 0 Å². The van der Waals surface area contributed by atoms with Crippen LogP contribution >= 0.6 is 0 Å². The number of carbonyl (C=O) groups excluding carboxylic acids is 1. The molecule has 4 heteroatoms. The van der Waals surface area contributed by atoms with Crippen LogP contribution < -0.4 is 15.5 Å². The van der Waals surface area contributed by atoms with Gasteiger partial charge in [0.05, 0.1) is 17.9 Å². The smallest absolute Gasteiger partial charge is 0.238 e. The third-order valence-corrected chi connectivity index (χ3v) is 3.46. The molecule has 104 valence electrons. The van der Waals surface area contributed by atoms with Crippen LogP contribution in [-0.2, 0) is 4.79 Å². The maximum absolute atomic E-state index is 11.7. The standard InChI is InChI=1S/C15H23N3O/c1-16-12-15(19)17-13-8-4-5-9-14(13)18-10-6-2-3-7-11-18/h4-5,8-9,16H,2-3,6-7,10-12H2,1H3,(H,17,19). The van der Waals surface area contributed by atoms with Gasteiger partial charge in [0.2, 0.25) is 5.91 Å². The molecule has 0 radical (unpaired) electrons. The van der Waals surface area contributed by atoms with Crippen molar-refractivity contribution in [2.45, 2.75) is 25.7 Å². The van der Waals surface area contributed by atoms with Gasteiger partial charge < -0.3 is 15.5 Å². The van der Waals surface area contributed by atoms with Crippen LogP contribution in [0, 0.1) is 0 Å². The molecule has 19 heavy (non-hydrogen) atoms. The fourth-order valence-electron chi connectivity index (χ4n) is 2.52. The number of amides is 1. The molecule has 1 amide bonds. The summed E-state index contributed by atoms with van der Waals surface area (Å²) in [6, 6.07) is 8.08. The van der Waals surface area contributed by atoms with Crippen LogP contribution in [0.3, 0.4) is 0 Å². The average molecular weight is 261 g/mol. The molecule has 1 aromatic carbocycles. The normalized spacial score (nSPS) is 15.9. The molecule has 0 bridgehead atoms. The Hall–Kier alpha value is -1.55. The summed E-state index contributed by atoms with van der Waals surface area (Å²) >= 11 is 0. The van der Waals surface area contributed by atoms with Crippen molar-refractivity contribution in [3.8, 4) is 0 Å². The van der Waals surface area contributed by atoms with Crippen molar-refractivity contribution in [3.63, 3.8) is 0 Å². The van der Waals surface area contributed by atoms with Gasteiger partial charge >= 0.3 is 0 Å². The minimum absolute atomic E-state index is 0.00442. The molecule has 1 aliphatic rings. The lowest BCUT2D eigenvalue weighted by atomic mass is 10.2. The molecular weight excluding hydrogens is 238 g/mol. The number of benzene rings is 1. The Balaban J connectivity index is 2.12. The van der Waals surface area contributed by atoms with Crippen LogP contribution in [0.15, 0.2) is 24.3 Å². The molecule has 1 fully saturated rings. The van der Waals surface area contributed by atoms with Gasteiger partial charge in [-0.1, -0.05) is 25.0 Å². The Morgan fingerprint density at radius 1 is 1.16 bits per heavy atom. The quantitative estimate of drug-likeness (QED) is 0.873. The lowest BCUT2D eigenvalue weighted by molar-refractivity contribution is -0.115. The second kappa shape index (κ2) is 7.14. The third-order valence-electron chi connectivity index (χ3n) is 3.46. The number of nitrogens with zero attached hydrogens (tertiary/aromatic N) is 1. The molecular formula is C15H23N3O. The molecule has 0 aliphatic carbocycles. The maximum atomic E-state index is 11.7. The zero-order valence-electron chi connectivity index (χ0n) is 11.6. The molecule has 0 atom stereocenters. The Kier molecular flexibility index (Phi) is 5.21. The first-order valence-corrected chi connectivity index (χ1v) is 7.09. The van der Waals surface area contributed by atoms with E-state index in [9.17, 15) is 4.79 Å². The van der Waals surface area contributed by atoms with Gasteiger partial charge in [-0.2, -0.15) is 0 Å². The van der Waals surface area contributed by atoms with E-state index in [2.05, 4.69) is 21.6 Å². The van der Waals surface area contributed by atoms with Crippen LogP contribution in [-0.4, -0.2) is 32.6 Å². The van der Waals surface area contributed by atoms with E-state index in [1.807, 2.05) is 18.2 Å². The average Bonchev–Trinajstić information content (AvgIpc) is 2.68. The summed E-state index contributed by atoms with van der Waals surface area (Å²) in [7, 11) is 1.78. The monoisotopic (exact) mass is 261 g/mol. The Morgan fingerprint density at radius 3 is 2.53 bits per heavy atom. The zero-order chi connectivity index (χ0) is 13.5. The summed E-state index contributed by atoms with van der Waals surface area (Å²) in [5, 5.41) is 5.86. The highest BCUT2D eigenvalue weighted by molar-refractivity contribution is 5.95. The van der Waals surface area contributed by atoms with E-state index in [1.165, 1.54) is 25.7 Å². The first-order chi connectivity index (χ1) is 9.31. The molecule has 0 unspecified atom stereocenters. The molecule has 0 saturated carbocycles. The molecule has 2 rings (SSSR count). The van der Waals surface area contributed by atoms with Gasteiger partial charge in [-0.05, 0) is 32.0 Å². The minimum atomic E-state index is 0.00442. The van der Waals surface area contributed by atoms with Gasteiger partial charge in [0.25, 0.3) is 0 Å². The highest BCUT2D eigenvalue weighted by atomic mass is 16.1. The van der Waals surface area contributed by atoms with Crippen molar-refractivity contribution in [2.75, 3.05) is 36.9 Å². The fourth-order valence-corrected chi connectivity index (χ4v) is 2.52. The predicted molar refractivity (Wildman–Crippen MR) is 79.7 cm³/mol. The van der Waals surface area contributed by atoms with Crippen molar-refractivity contribution < 1.29 is 4.79 Å². The van der Waals surface area contributed by atoms with E-state index in [0.29, 0.717) is 6.54 Å².